The monoisotopic (exact) mass is 134 g/mol. The minimum Gasteiger partial charge on any atom is -0.346 e. The molecule has 0 aromatic carbocycles. The summed E-state index contributed by atoms with van der Waals surface area (Å²) in [4.78, 5) is 4.09. The van der Waals surface area contributed by atoms with Gasteiger partial charge in [0.25, 0.3) is 0 Å². The van der Waals surface area contributed by atoms with Gasteiger partial charge in [0, 0.05) is 18.0 Å². The molecule has 1 N–H and O–H groups in total. The lowest BCUT2D eigenvalue weighted by molar-refractivity contribution is 1.29. The number of hydrogen-bond donors (Lipinski definition) is 1. The number of nitrogens with one attached hydrogen (secondary N) is 1. The molecule has 1 heterocycles. The normalized spacial score (nSPS) is 20.9. The Bertz CT molecular complexity index is 221. The molecule has 0 saturated carbocycles. The number of amidine groups is 1. The van der Waals surface area contributed by atoms with E-state index in [2.05, 4.69) is 16.9 Å². The lowest BCUT2D eigenvalue weighted by Gasteiger charge is -1.93. The second kappa shape index (κ2) is 3.01. The molecule has 0 radical (unpaired) electrons. The highest BCUT2D eigenvalue weighted by molar-refractivity contribution is 6.03. The summed E-state index contributed by atoms with van der Waals surface area (Å²) in [6.45, 7) is 5.70. The van der Waals surface area contributed by atoms with Crippen LogP contribution in [0.2, 0.25) is 0 Å². The average Bonchev–Trinajstić information content (AvgIpc) is 2.31. The standard InChI is InChI=1S/C8H10N2/c1-3-5-9-8-7(2)4-6-10-8/h3-6H,2H2,1H3,(H,9,10)/b5-3-. The predicted molar refractivity (Wildman–Crippen MR) is 43.7 cm³/mol. The predicted octanol–water partition coefficient (Wildman–Crippen LogP) is 1.59. The van der Waals surface area contributed by atoms with E-state index in [1.807, 2.05) is 25.3 Å². The highest BCUT2D eigenvalue weighted by atomic mass is 15.0. The molecular formula is C8H10N2. The maximum absolute atomic E-state index is 4.09. The second-order valence-electron chi connectivity index (χ2n) is 1.96. The molecule has 1 aliphatic heterocycles. The van der Waals surface area contributed by atoms with Crippen molar-refractivity contribution in [3.8, 4) is 0 Å². The summed E-state index contributed by atoms with van der Waals surface area (Å²) >= 11 is 0. The van der Waals surface area contributed by atoms with Crippen LogP contribution in [-0.4, -0.2) is 5.84 Å². The Morgan fingerprint density at radius 1 is 1.70 bits per heavy atom. The highest BCUT2D eigenvalue weighted by Gasteiger charge is 2.02. The molecule has 0 aromatic rings. The van der Waals surface area contributed by atoms with Crippen LogP contribution in [0.5, 0.6) is 0 Å². The van der Waals surface area contributed by atoms with Crippen molar-refractivity contribution < 1.29 is 0 Å². The Morgan fingerprint density at radius 3 is 3.00 bits per heavy atom. The van der Waals surface area contributed by atoms with Crippen LogP contribution in [0.1, 0.15) is 6.92 Å². The molecule has 0 aliphatic carbocycles. The van der Waals surface area contributed by atoms with E-state index in [1.54, 1.807) is 6.20 Å². The van der Waals surface area contributed by atoms with Gasteiger partial charge >= 0.3 is 0 Å². The van der Waals surface area contributed by atoms with E-state index in [-0.39, 0.29) is 0 Å². The Kier molecular flexibility index (Phi) is 2.05. The molecule has 0 aromatic heterocycles. The number of aliphatic imine (C=N–C) groups is 1. The van der Waals surface area contributed by atoms with Crippen molar-refractivity contribution in [1.29, 1.82) is 0 Å². The fourth-order valence-electron chi connectivity index (χ4n) is 0.662. The SMILES string of the molecule is C=C1C=CNC1=N/C=C\C. The smallest absolute Gasteiger partial charge is 0.136 e. The molecule has 0 spiro atoms. The Hall–Kier alpha value is -1.31. The summed E-state index contributed by atoms with van der Waals surface area (Å²) in [7, 11) is 0. The molecule has 52 valence electrons. The van der Waals surface area contributed by atoms with Crippen molar-refractivity contribution in [2.45, 2.75) is 6.92 Å². The van der Waals surface area contributed by atoms with Crippen molar-refractivity contribution in [3.63, 3.8) is 0 Å². The molecule has 1 aliphatic rings. The Labute approximate surface area is 60.7 Å². The molecule has 0 fully saturated rings. The number of allylic oxidation sites excluding steroid dienone is 1. The number of nitrogens with zero attached hydrogens (tertiary/aromatic N) is 1. The van der Waals surface area contributed by atoms with Crippen LogP contribution in [0.3, 0.4) is 0 Å². The first-order valence-electron chi connectivity index (χ1n) is 3.16. The first-order chi connectivity index (χ1) is 4.84. The van der Waals surface area contributed by atoms with E-state index < -0.39 is 0 Å². The van der Waals surface area contributed by atoms with Crippen molar-refractivity contribution in [1.82, 2.24) is 5.32 Å². The summed E-state index contributed by atoms with van der Waals surface area (Å²) in [5.41, 5.74) is 0.929. The highest BCUT2D eigenvalue weighted by Crippen LogP contribution is 2.01. The van der Waals surface area contributed by atoms with Crippen LogP contribution in [-0.2, 0) is 0 Å². The van der Waals surface area contributed by atoms with Gasteiger partial charge in [-0.25, -0.2) is 4.99 Å². The van der Waals surface area contributed by atoms with Crippen molar-refractivity contribution in [2.75, 3.05) is 0 Å². The topological polar surface area (TPSA) is 24.4 Å². The summed E-state index contributed by atoms with van der Waals surface area (Å²) in [6.07, 6.45) is 7.33. The van der Waals surface area contributed by atoms with E-state index >= 15 is 0 Å². The molecule has 2 nitrogen and oxygen atoms in total. The second-order valence-corrected chi connectivity index (χ2v) is 1.96. The first kappa shape index (κ1) is 6.81. The van der Waals surface area contributed by atoms with Gasteiger partial charge < -0.3 is 5.32 Å². The maximum Gasteiger partial charge on any atom is 0.136 e. The molecule has 0 bridgehead atoms. The molecule has 1 rings (SSSR count). The zero-order valence-corrected chi connectivity index (χ0v) is 5.96. The van der Waals surface area contributed by atoms with Gasteiger partial charge in [0.15, 0.2) is 0 Å². The third kappa shape index (κ3) is 1.35. The van der Waals surface area contributed by atoms with E-state index in [0.29, 0.717) is 0 Å². The number of hydrogen-bond acceptors (Lipinski definition) is 1. The minimum atomic E-state index is 0.832. The van der Waals surface area contributed by atoms with Gasteiger partial charge in [-0.3, -0.25) is 0 Å². The molecule has 0 amide bonds. The Balaban J connectivity index is 2.67. The number of rotatable bonds is 1. The largest absolute Gasteiger partial charge is 0.346 e. The zero-order valence-electron chi connectivity index (χ0n) is 5.96. The minimum absolute atomic E-state index is 0.832. The first-order valence-corrected chi connectivity index (χ1v) is 3.16. The van der Waals surface area contributed by atoms with Gasteiger partial charge in [-0.15, -0.1) is 0 Å². The van der Waals surface area contributed by atoms with Crippen LogP contribution in [0.15, 0.2) is 41.7 Å². The van der Waals surface area contributed by atoms with Crippen molar-refractivity contribution in [3.05, 3.63) is 36.7 Å². The van der Waals surface area contributed by atoms with Gasteiger partial charge in [0.05, 0.1) is 0 Å². The maximum atomic E-state index is 4.09. The fourth-order valence-corrected chi connectivity index (χ4v) is 0.662. The van der Waals surface area contributed by atoms with Crippen molar-refractivity contribution in [2.24, 2.45) is 4.99 Å². The lowest BCUT2D eigenvalue weighted by atomic mass is 10.3. The van der Waals surface area contributed by atoms with Gasteiger partial charge in [-0.2, -0.15) is 0 Å². The molecular weight excluding hydrogens is 124 g/mol. The Morgan fingerprint density at radius 2 is 2.50 bits per heavy atom. The van der Waals surface area contributed by atoms with Crippen LogP contribution < -0.4 is 5.32 Å². The fraction of sp³-hybridized carbons (Fsp3) is 0.125. The van der Waals surface area contributed by atoms with Crippen LogP contribution in [0.4, 0.5) is 0 Å². The van der Waals surface area contributed by atoms with Crippen LogP contribution in [0.25, 0.3) is 0 Å². The van der Waals surface area contributed by atoms with E-state index in [4.69, 9.17) is 0 Å². The third-order valence-corrected chi connectivity index (χ3v) is 1.16. The summed E-state index contributed by atoms with van der Waals surface area (Å²) in [5, 5.41) is 2.96. The van der Waals surface area contributed by atoms with Gasteiger partial charge in [0.2, 0.25) is 0 Å². The zero-order chi connectivity index (χ0) is 7.40. The van der Waals surface area contributed by atoms with E-state index in [9.17, 15) is 0 Å². The van der Waals surface area contributed by atoms with E-state index in [0.717, 1.165) is 11.4 Å². The van der Waals surface area contributed by atoms with E-state index in [1.165, 1.54) is 0 Å². The molecule has 10 heavy (non-hydrogen) atoms. The van der Waals surface area contributed by atoms with Crippen molar-refractivity contribution >= 4 is 5.84 Å². The van der Waals surface area contributed by atoms with Gasteiger partial charge in [-0.05, 0) is 13.0 Å². The molecule has 2 heteroatoms. The quantitative estimate of drug-likeness (QED) is 0.578. The average molecular weight is 134 g/mol. The molecule has 0 saturated heterocycles. The third-order valence-electron chi connectivity index (χ3n) is 1.16. The molecule has 0 atom stereocenters. The summed E-state index contributed by atoms with van der Waals surface area (Å²) in [6, 6.07) is 0. The van der Waals surface area contributed by atoms with Crippen LogP contribution >= 0.6 is 0 Å². The summed E-state index contributed by atoms with van der Waals surface area (Å²) in [5.74, 6) is 0.832. The van der Waals surface area contributed by atoms with Crippen LogP contribution in [0, 0.1) is 0 Å². The lowest BCUT2D eigenvalue weighted by Crippen LogP contribution is -2.11. The molecule has 0 unspecified atom stereocenters. The van der Waals surface area contributed by atoms with Gasteiger partial charge in [-0.1, -0.05) is 12.7 Å². The van der Waals surface area contributed by atoms with Gasteiger partial charge in [0.1, 0.15) is 5.84 Å². The summed E-state index contributed by atoms with van der Waals surface area (Å²) < 4.78 is 0.